The molecule has 0 aliphatic heterocycles. The molecule has 4 nitrogen and oxygen atoms in total. The molecule has 0 amide bonds. The van der Waals surface area contributed by atoms with Crippen LogP contribution in [0.4, 0.5) is 13.2 Å². The van der Waals surface area contributed by atoms with Crippen molar-refractivity contribution in [2.24, 2.45) is 0 Å². The first-order chi connectivity index (χ1) is 7.78. The van der Waals surface area contributed by atoms with E-state index in [-0.39, 0.29) is 11.2 Å². The second-order valence-electron chi connectivity index (χ2n) is 3.90. The average Bonchev–Trinajstić information content (AvgIpc) is 2.39. The van der Waals surface area contributed by atoms with Crippen molar-refractivity contribution in [1.29, 1.82) is 0 Å². The molecule has 0 aliphatic rings. The summed E-state index contributed by atoms with van der Waals surface area (Å²) in [6.07, 6.45) is -4.33. The molecular formula is C10H10F3N3O. The highest BCUT2D eigenvalue weighted by atomic mass is 19.4. The van der Waals surface area contributed by atoms with Crippen LogP contribution in [0.3, 0.4) is 0 Å². The van der Waals surface area contributed by atoms with Crippen LogP contribution in [0.25, 0.3) is 11.0 Å². The normalized spacial score (nSPS) is 12.3. The number of hydrogen-bond acceptors (Lipinski definition) is 2. The van der Waals surface area contributed by atoms with E-state index in [9.17, 15) is 18.0 Å². The Morgan fingerprint density at radius 1 is 1.41 bits per heavy atom. The molecule has 0 bridgehead atoms. The topological polar surface area (TPSA) is 50.7 Å². The summed E-state index contributed by atoms with van der Waals surface area (Å²) in [4.78, 5) is 13.6. The van der Waals surface area contributed by atoms with Gasteiger partial charge in [-0.1, -0.05) is 0 Å². The molecule has 2 rings (SSSR count). The molecule has 0 unspecified atom stereocenters. The fourth-order valence-corrected chi connectivity index (χ4v) is 1.85. The Kier molecular flexibility index (Phi) is 2.48. The van der Waals surface area contributed by atoms with E-state index in [1.54, 1.807) is 13.8 Å². The third-order valence-electron chi connectivity index (χ3n) is 2.52. The fraction of sp³-hybridized carbons (Fsp3) is 0.400. The number of rotatable bonds is 1. The first kappa shape index (κ1) is 11.7. The average molecular weight is 245 g/mol. The number of nitrogens with one attached hydrogen (secondary N) is 1. The minimum Gasteiger partial charge on any atom is -0.305 e. The molecule has 2 aromatic rings. The molecule has 0 aliphatic carbocycles. The van der Waals surface area contributed by atoms with Crippen molar-refractivity contribution < 1.29 is 13.2 Å². The number of pyridine rings is 1. The van der Waals surface area contributed by atoms with Crippen LogP contribution in [0.1, 0.15) is 11.3 Å². The molecule has 0 spiro atoms. The lowest BCUT2D eigenvalue weighted by Gasteiger charge is -2.07. The molecular weight excluding hydrogens is 235 g/mol. The summed E-state index contributed by atoms with van der Waals surface area (Å²) in [6.45, 7) is 2.06. The summed E-state index contributed by atoms with van der Waals surface area (Å²) >= 11 is 0. The van der Waals surface area contributed by atoms with E-state index in [1.165, 1.54) is 6.07 Å². The standard InChI is InChI=1S/C10H10F3N3O/c1-5-3-7(17)14-9-8(5)6(2)16(15-9)4-10(11,12)13/h3H,4H2,1-2H3,(H,14,15,17). The molecule has 0 aromatic carbocycles. The number of halogens is 3. The van der Waals surface area contributed by atoms with Gasteiger partial charge in [-0.05, 0) is 19.4 Å². The zero-order valence-electron chi connectivity index (χ0n) is 9.22. The number of alkyl halides is 3. The lowest BCUT2D eigenvalue weighted by molar-refractivity contribution is -0.142. The molecule has 0 fully saturated rings. The second kappa shape index (κ2) is 3.61. The van der Waals surface area contributed by atoms with Crippen LogP contribution < -0.4 is 5.56 Å². The number of fused-ring (bicyclic) bond motifs is 1. The van der Waals surface area contributed by atoms with Gasteiger partial charge < -0.3 is 4.98 Å². The van der Waals surface area contributed by atoms with E-state index in [0.717, 1.165) is 4.68 Å². The van der Waals surface area contributed by atoms with E-state index in [2.05, 4.69) is 10.1 Å². The van der Waals surface area contributed by atoms with E-state index >= 15 is 0 Å². The predicted molar refractivity (Wildman–Crippen MR) is 55.9 cm³/mol. The SMILES string of the molecule is Cc1cc(=O)[nH]c2nn(CC(F)(F)F)c(C)c12. The maximum atomic E-state index is 12.3. The van der Waals surface area contributed by atoms with Crippen molar-refractivity contribution in [3.8, 4) is 0 Å². The van der Waals surface area contributed by atoms with Crippen LogP contribution in [0.5, 0.6) is 0 Å². The van der Waals surface area contributed by atoms with Crippen molar-refractivity contribution in [3.05, 3.63) is 27.7 Å². The predicted octanol–water partition coefficient (Wildman–Crippen LogP) is 1.90. The Morgan fingerprint density at radius 2 is 2.06 bits per heavy atom. The van der Waals surface area contributed by atoms with E-state index < -0.39 is 12.7 Å². The van der Waals surface area contributed by atoms with Crippen LogP contribution in [0.2, 0.25) is 0 Å². The Bertz CT molecular complexity index is 624. The number of H-pyrrole nitrogens is 1. The third-order valence-corrected chi connectivity index (χ3v) is 2.52. The molecule has 0 saturated carbocycles. The van der Waals surface area contributed by atoms with E-state index in [1.807, 2.05) is 0 Å². The zero-order valence-corrected chi connectivity index (χ0v) is 9.22. The van der Waals surface area contributed by atoms with Gasteiger partial charge in [-0.2, -0.15) is 18.3 Å². The lowest BCUT2D eigenvalue weighted by atomic mass is 10.2. The Morgan fingerprint density at radius 3 is 2.65 bits per heavy atom. The summed E-state index contributed by atoms with van der Waals surface area (Å²) in [5.41, 5.74) is 0.837. The largest absolute Gasteiger partial charge is 0.408 e. The number of aryl methyl sites for hydroxylation is 2. The Hall–Kier alpha value is -1.79. The molecule has 0 radical (unpaired) electrons. The molecule has 17 heavy (non-hydrogen) atoms. The molecule has 0 atom stereocenters. The van der Waals surface area contributed by atoms with Gasteiger partial charge in [0.1, 0.15) is 6.54 Å². The van der Waals surface area contributed by atoms with E-state index in [0.29, 0.717) is 16.6 Å². The maximum Gasteiger partial charge on any atom is 0.408 e. The summed E-state index contributed by atoms with van der Waals surface area (Å²) in [6, 6.07) is 1.34. The minimum atomic E-state index is -4.33. The third kappa shape index (κ3) is 2.17. The van der Waals surface area contributed by atoms with Gasteiger partial charge in [0.15, 0.2) is 5.65 Å². The summed E-state index contributed by atoms with van der Waals surface area (Å²) in [5.74, 6) is 0. The Balaban J connectivity index is 2.65. The van der Waals surface area contributed by atoms with Crippen molar-refractivity contribution in [2.75, 3.05) is 0 Å². The van der Waals surface area contributed by atoms with Gasteiger partial charge >= 0.3 is 6.18 Å². The quantitative estimate of drug-likeness (QED) is 0.834. The highest BCUT2D eigenvalue weighted by molar-refractivity contribution is 5.81. The van der Waals surface area contributed by atoms with Crippen LogP contribution in [-0.2, 0) is 6.54 Å². The highest BCUT2D eigenvalue weighted by Gasteiger charge is 2.29. The van der Waals surface area contributed by atoms with Gasteiger partial charge in [-0.25, -0.2) is 0 Å². The molecule has 7 heteroatoms. The van der Waals surface area contributed by atoms with Gasteiger partial charge in [0, 0.05) is 17.1 Å². The Labute approximate surface area is 94.1 Å². The number of nitrogens with zero attached hydrogens (tertiary/aromatic N) is 2. The molecule has 2 heterocycles. The smallest absolute Gasteiger partial charge is 0.305 e. The molecule has 0 saturated heterocycles. The van der Waals surface area contributed by atoms with Gasteiger partial charge in [-0.3, -0.25) is 9.48 Å². The summed E-state index contributed by atoms with van der Waals surface area (Å²) in [7, 11) is 0. The monoisotopic (exact) mass is 245 g/mol. The van der Waals surface area contributed by atoms with Gasteiger partial charge in [0.05, 0.1) is 0 Å². The van der Waals surface area contributed by atoms with Crippen LogP contribution in [-0.4, -0.2) is 20.9 Å². The minimum absolute atomic E-state index is 0.191. The first-order valence-electron chi connectivity index (χ1n) is 4.92. The fourth-order valence-electron chi connectivity index (χ4n) is 1.85. The van der Waals surface area contributed by atoms with Gasteiger partial charge in [0.2, 0.25) is 5.56 Å². The van der Waals surface area contributed by atoms with Gasteiger partial charge in [0.25, 0.3) is 0 Å². The van der Waals surface area contributed by atoms with Crippen molar-refractivity contribution in [2.45, 2.75) is 26.6 Å². The number of hydrogen-bond donors (Lipinski definition) is 1. The highest BCUT2D eigenvalue weighted by Crippen LogP contribution is 2.23. The van der Waals surface area contributed by atoms with Crippen LogP contribution in [0, 0.1) is 13.8 Å². The van der Waals surface area contributed by atoms with Crippen LogP contribution >= 0.6 is 0 Å². The van der Waals surface area contributed by atoms with Crippen LogP contribution in [0.15, 0.2) is 10.9 Å². The molecule has 2 aromatic heterocycles. The summed E-state index contributed by atoms with van der Waals surface area (Å²) in [5, 5.41) is 4.32. The van der Waals surface area contributed by atoms with Crippen molar-refractivity contribution in [3.63, 3.8) is 0 Å². The maximum absolute atomic E-state index is 12.3. The zero-order chi connectivity index (χ0) is 12.8. The van der Waals surface area contributed by atoms with Crippen molar-refractivity contribution >= 4 is 11.0 Å². The van der Waals surface area contributed by atoms with E-state index in [4.69, 9.17) is 0 Å². The molecule has 92 valence electrons. The number of aromatic nitrogens is 3. The molecule has 1 N–H and O–H groups in total. The summed E-state index contributed by atoms with van der Waals surface area (Å²) < 4.78 is 37.7. The number of aromatic amines is 1. The lowest BCUT2D eigenvalue weighted by Crippen LogP contribution is -2.19. The first-order valence-corrected chi connectivity index (χ1v) is 4.92. The second-order valence-corrected chi connectivity index (χ2v) is 3.90. The van der Waals surface area contributed by atoms with Crippen molar-refractivity contribution in [1.82, 2.24) is 14.8 Å². The van der Waals surface area contributed by atoms with Gasteiger partial charge in [-0.15, -0.1) is 0 Å².